The third-order valence-corrected chi connectivity index (χ3v) is 6.25. The summed E-state index contributed by atoms with van der Waals surface area (Å²) in [7, 11) is 4.38. The van der Waals surface area contributed by atoms with E-state index in [-0.39, 0.29) is 5.91 Å². The molecule has 0 aliphatic heterocycles. The second-order valence-electron chi connectivity index (χ2n) is 9.72. The minimum atomic E-state index is -0.0344. The molecule has 4 nitrogen and oxygen atoms in total. The number of ether oxygens (including phenoxy) is 1. The number of hydrogen-bond acceptors (Lipinski definition) is 2. The molecule has 0 atom stereocenters. The molecule has 0 aliphatic carbocycles. The van der Waals surface area contributed by atoms with Crippen molar-refractivity contribution in [2.24, 2.45) is 0 Å². The lowest BCUT2D eigenvalue weighted by Crippen LogP contribution is -2.44. The Morgan fingerprint density at radius 3 is 2.20 bits per heavy atom. The molecule has 4 aromatic carbocycles. The van der Waals surface area contributed by atoms with Gasteiger partial charge in [0.15, 0.2) is 0 Å². The second kappa shape index (κ2) is 11.7. The highest BCUT2D eigenvalue weighted by molar-refractivity contribution is 5.98. The minimum Gasteiger partial charge on any atom is -0.494 e. The maximum absolute atomic E-state index is 12.7. The number of rotatable bonds is 11. The third kappa shape index (κ3) is 7.43. The average Bonchev–Trinajstić information content (AvgIpc) is 2.87. The van der Waals surface area contributed by atoms with Crippen molar-refractivity contribution >= 4 is 16.7 Å². The van der Waals surface area contributed by atoms with Gasteiger partial charge in [-0.1, -0.05) is 72.8 Å². The number of amides is 1. The van der Waals surface area contributed by atoms with Crippen molar-refractivity contribution in [3.63, 3.8) is 0 Å². The molecule has 0 aliphatic rings. The van der Waals surface area contributed by atoms with E-state index in [1.54, 1.807) is 0 Å². The number of quaternary nitrogens is 1. The molecule has 0 fully saturated rings. The van der Waals surface area contributed by atoms with Crippen LogP contribution in [-0.2, 0) is 13.0 Å². The second-order valence-corrected chi connectivity index (χ2v) is 9.72. The molecule has 0 unspecified atom stereocenters. The average molecular weight is 468 g/mol. The maximum atomic E-state index is 12.7. The first kappa shape index (κ1) is 24.5. The van der Waals surface area contributed by atoms with Crippen molar-refractivity contribution in [3.05, 3.63) is 114 Å². The lowest BCUT2D eigenvalue weighted by atomic mass is 10.1. The Hall–Kier alpha value is -3.63. The van der Waals surface area contributed by atoms with Gasteiger partial charge in [0.1, 0.15) is 12.3 Å². The number of hydrogen-bond donors (Lipinski definition) is 1. The molecule has 0 heterocycles. The number of fused-ring (bicyclic) bond motifs is 1. The molecule has 4 rings (SSSR count). The van der Waals surface area contributed by atoms with Crippen molar-refractivity contribution in [1.82, 2.24) is 5.32 Å². The van der Waals surface area contributed by atoms with Gasteiger partial charge >= 0.3 is 0 Å². The number of aryl methyl sites for hydroxylation is 1. The zero-order chi connectivity index (χ0) is 24.5. The molecule has 1 N–H and O–H groups in total. The van der Waals surface area contributed by atoms with E-state index in [2.05, 4.69) is 67.9 Å². The summed E-state index contributed by atoms with van der Waals surface area (Å²) in [5.41, 5.74) is 3.32. The molecule has 0 saturated carbocycles. The summed E-state index contributed by atoms with van der Waals surface area (Å²) >= 11 is 0. The highest BCUT2D eigenvalue weighted by atomic mass is 16.5. The standard InChI is InChI=1S/C31H34N2O2/c1-33(2,24-26-12-7-4-8-13-26)20-19-32-31(34)29-16-15-28-23-30(18-17-27(28)22-29)35-21-9-14-25-10-5-3-6-11-25/h3-8,10-13,15-18,22-23H,9,14,19-21,24H2,1-2H3/p+1. The van der Waals surface area contributed by atoms with Crippen molar-refractivity contribution in [3.8, 4) is 5.75 Å². The van der Waals surface area contributed by atoms with Gasteiger partial charge in [0.05, 0.1) is 33.8 Å². The van der Waals surface area contributed by atoms with Gasteiger partial charge in [-0.3, -0.25) is 4.79 Å². The molecule has 4 aromatic rings. The molecule has 1 amide bonds. The number of carbonyl (C=O) groups is 1. The predicted molar refractivity (Wildman–Crippen MR) is 144 cm³/mol. The molecule has 0 bridgehead atoms. The summed E-state index contributed by atoms with van der Waals surface area (Å²) in [6, 6.07) is 32.8. The molecular weight excluding hydrogens is 432 g/mol. The van der Waals surface area contributed by atoms with E-state index >= 15 is 0 Å². The smallest absolute Gasteiger partial charge is 0.251 e. The Morgan fingerprint density at radius 1 is 0.800 bits per heavy atom. The zero-order valence-electron chi connectivity index (χ0n) is 20.7. The number of benzene rings is 4. The molecule has 180 valence electrons. The maximum Gasteiger partial charge on any atom is 0.251 e. The Bertz CT molecular complexity index is 1240. The van der Waals surface area contributed by atoms with E-state index in [4.69, 9.17) is 4.74 Å². The van der Waals surface area contributed by atoms with Crippen LogP contribution in [0.1, 0.15) is 27.9 Å². The van der Waals surface area contributed by atoms with Gasteiger partial charge in [0.25, 0.3) is 5.91 Å². The van der Waals surface area contributed by atoms with Crippen molar-refractivity contribution in [1.29, 1.82) is 0 Å². The lowest BCUT2D eigenvalue weighted by Gasteiger charge is -2.30. The van der Waals surface area contributed by atoms with Gasteiger partial charge in [-0.15, -0.1) is 0 Å². The van der Waals surface area contributed by atoms with Gasteiger partial charge in [-0.05, 0) is 53.4 Å². The summed E-state index contributed by atoms with van der Waals surface area (Å²) in [6.45, 7) is 3.11. The van der Waals surface area contributed by atoms with Crippen LogP contribution in [0.15, 0.2) is 97.1 Å². The van der Waals surface area contributed by atoms with Crippen LogP contribution in [0.2, 0.25) is 0 Å². The predicted octanol–water partition coefficient (Wildman–Crippen LogP) is 5.86. The molecule has 35 heavy (non-hydrogen) atoms. The first-order valence-electron chi connectivity index (χ1n) is 12.3. The molecular formula is C31H35N2O2+. The largest absolute Gasteiger partial charge is 0.494 e. The van der Waals surface area contributed by atoms with Crippen LogP contribution in [0, 0.1) is 0 Å². The first-order chi connectivity index (χ1) is 17.0. The summed E-state index contributed by atoms with van der Waals surface area (Å²) < 4.78 is 6.78. The number of nitrogens with zero attached hydrogens (tertiary/aromatic N) is 1. The number of nitrogens with one attached hydrogen (secondary N) is 1. The van der Waals surface area contributed by atoms with E-state index in [0.29, 0.717) is 18.7 Å². The quantitative estimate of drug-likeness (QED) is 0.222. The molecule has 0 spiro atoms. The Morgan fingerprint density at radius 2 is 1.46 bits per heavy atom. The van der Waals surface area contributed by atoms with Crippen LogP contribution in [0.25, 0.3) is 10.8 Å². The Labute approximate surface area is 208 Å². The fraction of sp³-hybridized carbons (Fsp3) is 0.258. The first-order valence-corrected chi connectivity index (χ1v) is 12.3. The van der Waals surface area contributed by atoms with Gasteiger partial charge in [-0.25, -0.2) is 0 Å². The Balaban J connectivity index is 1.26. The number of likely N-dealkylation sites (N-methyl/N-ethyl adjacent to an activating group) is 1. The van der Waals surface area contributed by atoms with E-state index in [9.17, 15) is 4.79 Å². The fourth-order valence-electron chi connectivity index (χ4n) is 4.30. The number of carbonyl (C=O) groups excluding carboxylic acids is 1. The highest BCUT2D eigenvalue weighted by Crippen LogP contribution is 2.22. The van der Waals surface area contributed by atoms with Crippen LogP contribution in [-0.4, -0.2) is 44.2 Å². The summed E-state index contributed by atoms with van der Waals surface area (Å²) in [5, 5.41) is 5.19. The van der Waals surface area contributed by atoms with Crippen LogP contribution < -0.4 is 10.1 Å². The van der Waals surface area contributed by atoms with Crippen molar-refractivity contribution in [2.75, 3.05) is 33.8 Å². The van der Waals surface area contributed by atoms with Gasteiger partial charge in [0.2, 0.25) is 0 Å². The summed E-state index contributed by atoms with van der Waals surface area (Å²) in [6.07, 6.45) is 1.98. The zero-order valence-corrected chi connectivity index (χ0v) is 20.7. The van der Waals surface area contributed by atoms with Gasteiger partial charge < -0.3 is 14.5 Å². The van der Waals surface area contributed by atoms with E-state index in [1.807, 2.05) is 48.5 Å². The van der Waals surface area contributed by atoms with Crippen LogP contribution in [0.4, 0.5) is 0 Å². The highest BCUT2D eigenvalue weighted by Gasteiger charge is 2.16. The molecule has 0 saturated heterocycles. The summed E-state index contributed by atoms with van der Waals surface area (Å²) in [5.74, 6) is 0.828. The molecule has 0 aromatic heterocycles. The van der Waals surface area contributed by atoms with E-state index < -0.39 is 0 Å². The monoisotopic (exact) mass is 467 g/mol. The van der Waals surface area contributed by atoms with Crippen LogP contribution in [0.5, 0.6) is 5.75 Å². The fourth-order valence-corrected chi connectivity index (χ4v) is 4.30. The lowest BCUT2D eigenvalue weighted by molar-refractivity contribution is -0.902. The topological polar surface area (TPSA) is 38.3 Å². The van der Waals surface area contributed by atoms with Crippen molar-refractivity contribution in [2.45, 2.75) is 19.4 Å². The Kier molecular flexibility index (Phi) is 8.17. The van der Waals surface area contributed by atoms with Gasteiger partial charge in [-0.2, -0.15) is 0 Å². The van der Waals surface area contributed by atoms with Crippen LogP contribution in [0.3, 0.4) is 0 Å². The minimum absolute atomic E-state index is 0.0344. The summed E-state index contributed by atoms with van der Waals surface area (Å²) in [4.78, 5) is 12.7. The van der Waals surface area contributed by atoms with E-state index in [1.165, 1.54) is 11.1 Å². The van der Waals surface area contributed by atoms with Gasteiger partial charge in [0, 0.05) is 11.1 Å². The SMILES string of the molecule is C[N+](C)(CCNC(=O)c1ccc2cc(OCCCc3ccccc3)ccc2c1)Cc1ccccc1. The normalized spacial score (nSPS) is 11.4. The molecule has 0 radical (unpaired) electrons. The van der Waals surface area contributed by atoms with Crippen molar-refractivity contribution < 1.29 is 14.0 Å². The third-order valence-electron chi connectivity index (χ3n) is 6.25. The molecule has 4 heteroatoms. The van der Waals surface area contributed by atoms with E-state index in [0.717, 1.165) is 46.9 Å². The van der Waals surface area contributed by atoms with Crippen LogP contribution >= 0.6 is 0 Å².